The molecule has 6 nitrogen and oxygen atoms in total. The Balaban J connectivity index is 2.33. The molecule has 1 N–H and O–H groups in total. The van der Waals surface area contributed by atoms with Gasteiger partial charge in [-0.3, -0.25) is 0 Å². The molecule has 1 unspecified atom stereocenters. The summed E-state index contributed by atoms with van der Waals surface area (Å²) in [5, 5.41) is 3.16. The molecule has 0 radical (unpaired) electrons. The number of nitrogens with one attached hydrogen (secondary N) is 1. The lowest BCUT2D eigenvalue weighted by molar-refractivity contribution is 0.0526. The molecule has 0 spiro atoms. The van der Waals surface area contributed by atoms with Crippen LogP contribution in [0.5, 0.6) is 0 Å². The molecule has 122 valence electrons. The first-order valence-electron chi connectivity index (χ1n) is 7.07. The first kappa shape index (κ1) is 17.4. The second-order valence-corrected chi connectivity index (χ2v) is 7.75. The Morgan fingerprint density at radius 1 is 1.50 bits per heavy atom. The molecule has 1 saturated heterocycles. The summed E-state index contributed by atoms with van der Waals surface area (Å²) >= 11 is 3.26. The third kappa shape index (κ3) is 3.51. The van der Waals surface area contributed by atoms with E-state index in [9.17, 15) is 13.2 Å². The molecule has 0 saturated carbocycles. The second-order valence-electron chi connectivity index (χ2n) is 5.03. The average molecular weight is 391 g/mol. The van der Waals surface area contributed by atoms with Gasteiger partial charge >= 0.3 is 5.97 Å². The molecule has 2 rings (SSSR count). The van der Waals surface area contributed by atoms with E-state index >= 15 is 0 Å². The van der Waals surface area contributed by atoms with Crippen molar-refractivity contribution in [2.45, 2.75) is 24.8 Å². The van der Waals surface area contributed by atoms with Crippen molar-refractivity contribution in [3.05, 3.63) is 28.2 Å². The fourth-order valence-electron chi connectivity index (χ4n) is 2.36. The number of carbonyl (C=O) groups is 1. The van der Waals surface area contributed by atoms with E-state index in [1.165, 1.54) is 22.5 Å². The minimum atomic E-state index is -3.60. The van der Waals surface area contributed by atoms with Gasteiger partial charge in [-0.25, -0.2) is 13.2 Å². The normalized spacial score (nSPS) is 19.9. The van der Waals surface area contributed by atoms with Gasteiger partial charge in [-0.2, -0.15) is 4.31 Å². The van der Waals surface area contributed by atoms with Gasteiger partial charge in [-0.05, 0) is 48.0 Å². The summed E-state index contributed by atoms with van der Waals surface area (Å²) < 4.78 is 32.3. The van der Waals surface area contributed by atoms with Crippen molar-refractivity contribution >= 4 is 31.9 Å². The summed E-state index contributed by atoms with van der Waals surface area (Å²) in [4.78, 5) is 11.9. The molecule has 1 aliphatic rings. The molecule has 22 heavy (non-hydrogen) atoms. The molecular weight excluding hydrogens is 372 g/mol. The largest absolute Gasteiger partial charge is 0.462 e. The summed E-state index contributed by atoms with van der Waals surface area (Å²) in [6, 6.07) is 4.29. The number of esters is 1. The zero-order chi connectivity index (χ0) is 16.3. The minimum absolute atomic E-state index is 0.115. The second kappa shape index (κ2) is 7.08. The van der Waals surface area contributed by atoms with Crippen LogP contribution < -0.4 is 5.32 Å². The highest BCUT2D eigenvalue weighted by Gasteiger charge is 2.32. The van der Waals surface area contributed by atoms with E-state index in [1.54, 1.807) is 6.92 Å². The van der Waals surface area contributed by atoms with Crippen molar-refractivity contribution < 1.29 is 17.9 Å². The molecule has 0 amide bonds. The Morgan fingerprint density at radius 3 is 2.82 bits per heavy atom. The molecule has 0 aliphatic carbocycles. The van der Waals surface area contributed by atoms with Gasteiger partial charge in [0.2, 0.25) is 10.0 Å². The topological polar surface area (TPSA) is 75.7 Å². The maximum absolute atomic E-state index is 12.8. The number of carbonyl (C=O) groups excluding carboxylic acids is 1. The van der Waals surface area contributed by atoms with E-state index < -0.39 is 16.0 Å². The fourth-order valence-corrected chi connectivity index (χ4v) is 5.03. The van der Waals surface area contributed by atoms with Gasteiger partial charge in [0.25, 0.3) is 0 Å². The number of hydrogen-bond donors (Lipinski definition) is 1. The summed E-state index contributed by atoms with van der Waals surface area (Å²) in [7, 11) is -3.60. The standard InChI is InChI=1S/C14H19BrN2O4S/c1-3-21-14(18)11-4-5-13(12(15)8-11)22(19,20)17-7-6-16-9-10(17)2/h4-5,8,10,16H,3,6-7,9H2,1-2H3. The number of sulfonamides is 1. The van der Waals surface area contributed by atoms with E-state index in [4.69, 9.17) is 4.74 Å². The predicted octanol–water partition coefficient (Wildman–Crippen LogP) is 1.61. The summed E-state index contributed by atoms with van der Waals surface area (Å²) in [6.45, 7) is 5.53. The van der Waals surface area contributed by atoms with Crippen molar-refractivity contribution in [1.29, 1.82) is 0 Å². The number of halogens is 1. The van der Waals surface area contributed by atoms with Crippen molar-refractivity contribution in [2.24, 2.45) is 0 Å². The molecule has 1 fully saturated rings. The molecule has 0 aromatic heterocycles. The van der Waals surface area contributed by atoms with Gasteiger partial charge in [0.15, 0.2) is 0 Å². The highest BCUT2D eigenvalue weighted by molar-refractivity contribution is 9.10. The van der Waals surface area contributed by atoms with E-state index in [0.29, 0.717) is 29.7 Å². The van der Waals surface area contributed by atoms with Crippen LogP contribution in [0.3, 0.4) is 0 Å². The maximum Gasteiger partial charge on any atom is 0.338 e. The highest BCUT2D eigenvalue weighted by Crippen LogP contribution is 2.28. The van der Waals surface area contributed by atoms with E-state index in [-0.39, 0.29) is 17.5 Å². The third-order valence-corrected chi connectivity index (χ3v) is 6.46. The van der Waals surface area contributed by atoms with Crippen LogP contribution in [0, 0.1) is 0 Å². The molecule has 1 aliphatic heterocycles. The molecule has 8 heteroatoms. The minimum Gasteiger partial charge on any atom is -0.462 e. The van der Waals surface area contributed by atoms with E-state index in [2.05, 4.69) is 21.2 Å². The number of benzene rings is 1. The van der Waals surface area contributed by atoms with Crippen LogP contribution >= 0.6 is 15.9 Å². The van der Waals surface area contributed by atoms with Gasteiger partial charge in [0, 0.05) is 30.1 Å². The van der Waals surface area contributed by atoms with Crippen molar-refractivity contribution in [3.63, 3.8) is 0 Å². The molecule has 1 aromatic carbocycles. The van der Waals surface area contributed by atoms with Crippen molar-refractivity contribution in [3.8, 4) is 0 Å². The van der Waals surface area contributed by atoms with Crippen LogP contribution in [-0.4, -0.2) is 51.0 Å². The Kier molecular flexibility index (Phi) is 5.60. The van der Waals surface area contributed by atoms with Crippen LogP contribution in [0.1, 0.15) is 24.2 Å². The van der Waals surface area contributed by atoms with Crippen molar-refractivity contribution in [1.82, 2.24) is 9.62 Å². The smallest absolute Gasteiger partial charge is 0.338 e. The van der Waals surface area contributed by atoms with Crippen LogP contribution in [0.25, 0.3) is 0 Å². The molecular formula is C14H19BrN2O4S. The zero-order valence-electron chi connectivity index (χ0n) is 12.5. The summed E-state index contributed by atoms with van der Waals surface area (Å²) in [6.07, 6.45) is 0. The molecule has 1 heterocycles. The van der Waals surface area contributed by atoms with Crippen molar-refractivity contribution in [2.75, 3.05) is 26.2 Å². The summed E-state index contributed by atoms with van der Waals surface area (Å²) in [5.41, 5.74) is 0.320. The Labute approximate surface area is 139 Å². The van der Waals surface area contributed by atoms with Crippen LogP contribution in [0.15, 0.2) is 27.6 Å². The lowest BCUT2D eigenvalue weighted by Gasteiger charge is -2.33. The maximum atomic E-state index is 12.8. The number of ether oxygens (including phenoxy) is 1. The molecule has 1 aromatic rings. The van der Waals surface area contributed by atoms with Gasteiger partial charge in [-0.1, -0.05) is 0 Å². The Hall–Kier alpha value is -0.960. The number of nitrogens with zero attached hydrogens (tertiary/aromatic N) is 1. The fraction of sp³-hybridized carbons (Fsp3) is 0.500. The highest BCUT2D eigenvalue weighted by atomic mass is 79.9. The van der Waals surface area contributed by atoms with Crippen LogP contribution in [0.2, 0.25) is 0 Å². The summed E-state index contributed by atoms with van der Waals surface area (Å²) in [5.74, 6) is -0.470. The quantitative estimate of drug-likeness (QED) is 0.790. The van der Waals surface area contributed by atoms with E-state index in [0.717, 1.165) is 0 Å². The van der Waals surface area contributed by atoms with E-state index in [1.807, 2.05) is 6.92 Å². The SMILES string of the molecule is CCOC(=O)c1ccc(S(=O)(=O)N2CCNCC2C)c(Br)c1. The molecule has 0 bridgehead atoms. The van der Waals surface area contributed by atoms with Crippen LogP contribution in [0.4, 0.5) is 0 Å². The van der Waals surface area contributed by atoms with Gasteiger partial charge in [0.05, 0.1) is 17.1 Å². The number of rotatable bonds is 4. The lowest BCUT2D eigenvalue weighted by atomic mass is 10.2. The van der Waals surface area contributed by atoms with Gasteiger partial charge < -0.3 is 10.1 Å². The predicted molar refractivity (Wildman–Crippen MR) is 86.3 cm³/mol. The first-order valence-corrected chi connectivity index (χ1v) is 9.30. The van der Waals surface area contributed by atoms with Gasteiger partial charge in [-0.15, -0.1) is 0 Å². The van der Waals surface area contributed by atoms with Gasteiger partial charge in [0.1, 0.15) is 0 Å². The first-order chi connectivity index (χ1) is 10.4. The zero-order valence-corrected chi connectivity index (χ0v) is 14.9. The Bertz CT molecular complexity index is 663. The Morgan fingerprint density at radius 2 is 2.23 bits per heavy atom. The lowest BCUT2D eigenvalue weighted by Crippen LogP contribution is -2.52. The monoisotopic (exact) mass is 390 g/mol. The van der Waals surface area contributed by atoms with Crippen LogP contribution in [-0.2, 0) is 14.8 Å². The third-order valence-electron chi connectivity index (χ3n) is 3.47. The average Bonchev–Trinajstić information content (AvgIpc) is 2.47. The number of piperazine rings is 1. The number of hydrogen-bond acceptors (Lipinski definition) is 5. The molecule has 1 atom stereocenters.